The van der Waals surface area contributed by atoms with E-state index in [0.717, 1.165) is 38.7 Å². The van der Waals surface area contributed by atoms with Crippen molar-refractivity contribution in [2.75, 3.05) is 6.64 Å². The molecule has 0 unspecified atom stereocenters. The lowest BCUT2D eigenvalue weighted by molar-refractivity contribution is -0.111. The van der Waals surface area contributed by atoms with Crippen molar-refractivity contribution in [3.63, 3.8) is 0 Å². The number of nitrogens with one attached hydrogen (secondary N) is 1. The molecule has 0 heterocycles. The number of allylic oxidation sites excluding steroid dienone is 1. The van der Waals surface area contributed by atoms with Gasteiger partial charge in [-0.05, 0) is 46.7 Å². The number of rotatable bonds is 4. The van der Waals surface area contributed by atoms with Gasteiger partial charge in [-0.2, -0.15) is 0 Å². The lowest BCUT2D eigenvalue weighted by atomic mass is 9.91. The van der Waals surface area contributed by atoms with E-state index in [-0.39, 0.29) is 5.91 Å². The number of benzene rings is 4. The number of anilines is 2. The number of hydrogen-bond donors (Lipinski definition) is 1. The van der Waals surface area contributed by atoms with E-state index in [4.69, 9.17) is 0 Å². The first-order valence-corrected chi connectivity index (χ1v) is 11.1. The molecule has 0 radical (unpaired) electrons. The molecular weight excluding hydrogens is 586 g/mol. The highest BCUT2D eigenvalue weighted by molar-refractivity contribution is 14.2. The van der Waals surface area contributed by atoms with Crippen LogP contribution in [-0.2, 0) is 4.79 Å². The summed E-state index contributed by atoms with van der Waals surface area (Å²) in [6.45, 7) is 1.84. The van der Waals surface area contributed by atoms with Crippen molar-refractivity contribution in [2.24, 2.45) is 0 Å². The van der Waals surface area contributed by atoms with Crippen LogP contribution in [0.25, 0.3) is 32.7 Å². The predicted octanol–water partition coefficient (Wildman–Crippen LogP) is 7.68. The van der Waals surface area contributed by atoms with E-state index < -0.39 is 0 Å². The van der Waals surface area contributed by atoms with Crippen LogP contribution in [0.3, 0.4) is 0 Å². The van der Waals surface area contributed by atoms with Gasteiger partial charge in [-0.1, -0.05) is 66.7 Å². The zero-order valence-corrected chi connectivity index (χ0v) is 20.0. The fourth-order valence-corrected chi connectivity index (χ4v) is 4.44. The Morgan fingerprint density at radius 3 is 2.03 bits per heavy atom. The lowest BCUT2D eigenvalue weighted by Crippen LogP contribution is -2.09. The van der Waals surface area contributed by atoms with Gasteiger partial charge in [0.15, 0.2) is 0 Å². The van der Waals surface area contributed by atoms with Crippen molar-refractivity contribution >= 4 is 84.6 Å². The fourth-order valence-electron chi connectivity index (χ4n) is 3.63. The number of halogens is 2. The Balaban J connectivity index is 2.12. The van der Waals surface area contributed by atoms with Gasteiger partial charge in [0, 0.05) is 16.8 Å². The van der Waals surface area contributed by atoms with Crippen molar-refractivity contribution in [3.8, 4) is 11.1 Å². The monoisotopic (exact) mass is 604 g/mol. The molecule has 4 aromatic carbocycles. The highest BCUT2D eigenvalue weighted by Gasteiger charge is 2.19. The first kappa shape index (κ1) is 20.2. The van der Waals surface area contributed by atoms with Gasteiger partial charge in [-0.25, -0.2) is 0 Å². The van der Waals surface area contributed by atoms with Crippen LogP contribution in [0.15, 0.2) is 84.9 Å². The topological polar surface area (TPSA) is 32.3 Å². The number of carbonyl (C=O) groups is 1. The standard InChI is InChI=1S/C24H18I2N2O/c1-2-7-22(29)27-20-14-12-16-8-3-5-10-18(16)23(20)24-19-11-6-4-9-17(19)13-15-21(24)28(25)26/h2-15H,1H3,(H,27,29)/b7-2+. The number of carbonyl (C=O) groups excluding carboxylic acids is 1. The zero-order chi connectivity index (χ0) is 20.4. The van der Waals surface area contributed by atoms with Crippen molar-refractivity contribution in [3.05, 3.63) is 84.9 Å². The molecule has 4 rings (SSSR count). The third kappa shape index (κ3) is 3.98. The average molecular weight is 604 g/mol. The molecule has 0 aliphatic carbocycles. The number of fused-ring (bicyclic) bond motifs is 2. The largest absolute Gasteiger partial charge is 0.322 e. The summed E-state index contributed by atoms with van der Waals surface area (Å²) in [5.41, 5.74) is 4.03. The molecule has 144 valence electrons. The molecule has 0 saturated heterocycles. The number of amides is 1. The Kier molecular flexibility index (Phi) is 6.05. The van der Waals surface area contributed by atoms with Gasteiger partial charge in [0.05, 0.1) is 51.4 Å². The molecule has 1 amide bonds. The van der Waals surface area contributed by atoms with Gasteiger partial charge in [-0.3, -0.25) is 6.12 Å². The molecular formula is C24H18I2N2O. The summed E-state index contributed by atoms with van der Waals surface area (Å²) in [7, 11) is 0. The molecule has 0 atom stereocenters. The normalized spacial score (nSPS) is 11.3. The van der Waals surface area contributed by atoms with E-state index in [9.17, 15) is 4.79 Å². The van der Waals surface area contributed by atoms with Crippen LogP contribution in [-0.4, -0.2) is 5.91 Å². The van der Waals surface area contributed by atoms with E-state index >= 15 is 0 Å². The SMILES string of the molecule is C/C=C/C(=O)Nc1ccc2ccccc2c1-c1c(N(I)I)ccc2ccccc12. The highest BCUT2D eigenvalue weighted by Crippen LogP contribution is 2.46. The summed E-state index contributed by atoms with van der Waals surface area (Å²) < 4.78 is 2.07. The van der Waals surface area contributed by atoms with Crippen LogP contribution in [0, 0.1) is 0 Å². The van der Waals surface area contributed by atoms with Crippen LogP contribution in [0.5, 0.6) is 0 Å². The molecule has 0 bridgehead atoms. The molecule has 0 spiro atoms. The summed E-state index contributed by atoms with van der Waals surface area (Å²) >= 11 is 4.58. The summed E-state index contributed by atoms with van der Waals surface area (Å²) in [5.74, 6) is -0.133. The smallest absolute Gasteiger partial charge is 0.248 e. The maximum Gasteiger partial charge on any atom is 0.248 e. The maximum absolute atomic E-state index is 12.4. The summed E-state index contributed by atoms with van der Waals surface area (Å²) in [6, 6.07) is 25.0. The Morgan fingerprint density at radius 1 is 0.828 bits per heavy atom. The fraction of sp³-hybridized carbons (Fsp3) is 0.0417. The second-order valence-corrected chi connectivity index (χ2v) is 10.4. The third-order valence-electron chi connectivity index (χ3n) is 4.84. The van der Waals surface area contributed by atoms with Crippen LogP contribution in [0.2, 0.25) is 0 Å². The molecule has 5 heteroatoms. The molecule has 0 saturated carbocycles. The van der Waals surface area contributed by atoms with Crippen LogP contribution in [0.1, 0.15) is 6.92 Å². The Bertz CT molecular complexity index is 1250. The summed E-state index contributed by atoms with van der Waals surface area (Å²) in [4.78, 5) is 12.4. The Hall–Kier alpha value is -2.13. The Labute approximate surface area is 197 Å². The van der Waals surface area contributed by atoms with Crippen molar-refractivity contribution < 1.29 is 4.79 Å². The van der Waals surface area contributed by atoms with Gasteiger partial charge >= 0.3 is 0 Å². The Morgan fingerprint density at radius 2 is 1.41 bits per heavy atom. The van der Waals surface area contributed by atoms with Gasteiger partial charge in [-0.15, -0.1) is 0 Å². The van der Waals surface area contributed by atoms with E-state index in [1.807, 2.05) is 25.1 Å². The first-order valence-electron chi connectivity index (χ1n) is 9.19. The number of hydrogen-bond acceptors (Lipinski definition) is 2. The molecule has 29 heavy (non-hydrogen) atoms. The van der Waals surface area contributed by atoms with Gasteiger partial charge in [0.2, 0.25) is 5.91 Å². The third-order valence-corrected chi connectivity index (χ3v) is 5.88. The second-order valence-electron chi connectivity index (χ2n) is 6.61. The number of nitrogens with zero attached hydrogens (tertiary/aromatic N) is 1. The molecule has 4 aromatic rings. The minimum absolute atomic E-state index is 0.133. The van der Waals surface area contributed by atoms with Gasteiger partial charge < -0.3 is 5.32 Å². The quantitative estimate of drug-likeness (QED) is 0.147. The van der Waals surface area contributed by atoms with Crippen molar-refractivity contribution in [1.82, 2.24) is 0 Å². The van der Waals surface area contributed by atoms with E-state index in [1.54, 1.807) is 12.2 Å². The van der Waals surface area contributed by atoms with E-state index in [0.29, 0.717) is 0 Å². The average Bonchev–Trinajstić information content (AvgIpc) is 2.73. The molecule has 1 N–H and O–H groups in total. The minimum Gasteiger partial charge on any atom is -0.322 e. The minimum atomic E-state index is -0.133. The first-order chi connectivity index (χ1) is 14.1. The zero-order valence-electron chi connectivity index (χ0n) is 15.7. The predicted molar refractivity (Wildman–Crippen MR) is 141 cm³/mol. The van der Waals surface area contributed by atoms with Crippen molar-refractivity contribution in [2.45, 2.75) is 6.92 Å². The summed E-state index contributed by atoms with van der Waals surface area (Å²) in [5, 5.41) is 7.65. The van der Waals surface area contributed by atoms with E-state index in [2.05, 4.69) is 107 Å². The van der Waals surface area contributed by atoms with Crippen molar-refractivity contribution in [1.29, 1.82) is 0 Å². The molecule has 0 aliphatic heterocycles. The van der Waals surface area contributed by atoms with Crippen LogP contribution < -0.4 is 6.64 Å². The summed E-state index contributed by atoms with van der Waals surface area (Å²) in [6.07, 6.45) is 3.29. The molecule has 3 nitrogen and oxygen atoms in total. The highest BCUT2D eigenvalue weighted by atomic mass is 127. The second kappa shape index (κ2) is 8.71. The van der Waals surface area contributed by atoms with Gasteiger partial charge in [0.1, 0.15) is 0 Å². The van der Waals surface area contributed by atoms with Gasteiger partial charge in [0.25, 0.3) is 0 Å². The maximum atomic E-state index is 12.4. The molecule has 0 aromatic heterocycles. The molecule has 0 aliphatic rings. The lowest BCUT2D eigenvalue weighted by Gasteiger charge is -2.21. The van der Waals surface area contributed by atoms with Crippen LogP contribution in [0.4, 0.5) is 11.4 Å². The molecule has 0 fully saturated rings. The van der Waals surface area contributed by atoms with Crippen LogP contribution >= 0.6 is 45.7 Å². The van der Waals surface area contributed by atoms with E-state index in [1.165, 1.54) is 5.39 Å².